The van der Waals surface area contributed by atoms with Crippen LogP contribution < -0.4 is 11.1 Å². The molecule has 0 spiro atoms. The number of hydrogen-bond acceptors (Lipinski definition) is 2. The summed E-state index contributed by atoms with van der Waals surface area (Å²) in [5, 5.41) is 4.24. The summed E-state index contributed by atoms with van der Waals surface area (Å²) in [7, 11) is 0. The third-order valence-electron chi connectivity index (χ3n) is 3.06. The van der Waals surface area contributed by atoms with Gasteiger partial charge in [-0.2, -0.15) is 0 Å². The van der Waals surface area contributed by atoms with Crippen molar-refractivity contribution in [3.05, 3.63) is 40.4 Å². The Morgan fingerprint density at radius 2 is 2.22 bits per heavy atom. The van der Waals surface area contributed by atoms with Gasteiger partial charge in [0.1, 0.15) is 0 Å². The molecule has 2 amide bonds. The molecule has 5 heteroatoms. The van der Waals surface area contributed by atoms with Crippen LogP contribution in [0, 0.1) is 0 Å². The molecule has 1 aromatic heterocycles. The van der Waals surface area contributed by atoms with Crippen LogP contribution in [0.3, 0.4) is 0 Å². The standard InChI is InChI=1S/C13H11ClN2OS/c14-10-3-1-2-9-8(10)5-4-7-6-11(16-13(15)17)18-12(7)9/h1-3,6H,4-5H2,(H3,15,16,17). The number of hydrogen-bond donors (Lipinski definition) is 2. The zero-order chi connectivity index (χ0) is 12.7. The Balaban J connectivity index is 2.10. The molecule has 0 bridgehead atoms. The molecule has 0 saturated heterocycles. The summed E-state index contributed by atoms with van der Waals surface area (Å²) in [5.41, 5.74) is 8.75. The van der Waals surface area contributed by atoms with Gasteiger partial charge in [-0.3, -0.25) is 5.32 Å². The first-order chi connectivity index (χ1) is 8.65. The molecule has 0 saturated carbocycles. The number of benzene rings is 1. The summed E-state index contributed by atoms with van der Waals surface area (Å²) in [5.74, 6) is 0. The molecule has 0 unspecified atom stereocenters. The SMILES string of the molecule is NC(=O)Nc1cc2c(s1)-c1cccc(Cl)c1CC2. The fourth-order valence-corrected chi connectivity index (χ4v) is 3.75. The van der Waals surface area contributed by atoms with Gasteiger partial charge in [-0.25, -0.2) is 4.79 Å². The number of carbonyl (C=O) groups excluding carboxylic acids is 1. The fourth-order valence-electron chi connectivity index (χ4n) is 2.31. The van der Waals surface area contributed by atoms with E-state index in [1.807, 2.05) is 18.2 Å². The maximum atomic E-state index is 10.9. The zero-order valence-electron chi connectivity index (χ0n) is 9.50. The smallest absolute Gasteiger partial charge is 0.317 e. The van der Waals surface area contributed by atoms with Gasteiger partial charge in [0.05, 0.1) is 5.00 Å². The molecule has 3 N–H and O–H groups in total. The Bertz CT molecular complexity index is 636. The van der Waals surface area contributed by atoms with Gasteiger partial charge in [0.15, 0.2) is 0 Å². The fraction of sp³-hybridized carbons (Fsp3) is 0.154. The molecule has 0 fully saturated rings. The molecule has 3 rings (SSSR count). The van der Waals surface area contributed by atoms with E-state index in [1.165, 1.54) is 21.6 Å². The van der Waals surface area contributed by atoms with Gasteiger partial charge in [0.25, 0.3) is 0 Å². The van der Waals surface area contributed by atoms with Gasteiger partial charge in [-0.15, -0.1) is 11.3 Å². The quantitative estimate of drug-likeness (QED) is 0.822. The summed E-state index contributed by atoms with van der Waals surface area (Å²) in [6.45, 7) is 0. The van der Waals surface area contributed by atoms with Gasteiger partial charge in [-0.1, -0.05) is 23.7 Å². The Morgan fingerprint density at radius 3 is 3.00 bits per heavy atom. The van der Waals surface area contributed by atoms with Crippen molar-refractivity contribution in [3.8, 4) is 10.4 Å². The highest BCUT2D eigenvalue weighted by Crippen LogP contribution is 2.43. The Morgan fingerprint density at radius 1 is 1.39 bits per heavy atom. The van der Waals surface area contributed by atoms with Crippen molar-refractivity contribution in [1.82, 2.24) is 0 Å². The van der Waals surface area contributed by atoms with Crippen LogP contribution in [0.1, 0.15) is 11.1 Å². The molecule has 92 valence electrons. The van der Waals surface area contributed by atoms with Crippen LogP contribution in [0.4, 0.5) is 9.80 Å². The Kier molecular flexibility index (Phi) is 2.76. The van der Waals surface area contributed by atoms with Crippen molar-refractivity contribution in [2.24, 2.45) is 5.73 Å². The van der Waals surface area contributed by atoms with E-state index >= 15 is 0 Å². The first-order valence-electron chi connectivity index (χ1n) is 5.62. The second kappa shape index (κ2) is 4.30. The van der Waals surface area contributed by atoms with Crippen LogP contribution in [0.15, 0.2) is 24.3 Å². The van der Waals surface area contributed by atoms with E-state index in [0.29, 0.717) is 0 Å². The first kappa shape index (κ1) is 11.6. The van der Waals surface area contributed by atoms with E-state index in [2.05, 4.69) is 11.4 Å². The number of nitrogens with two attached hydrogens (primary N) is 1. The minimum absolute atomic E-state index is 0.528. The number of aryl methyl sites for hydroxylation is 1. The highest BCUT2D eigenvalue weighted by Gasteiger charge is 2.21. The molecule has 0 radical (unpaired) electrons. The number of amides is 2. The van der Waals surface area contributed by atoms with E-state index in [4.69, 9.17) is 17.3 Å². The molecular formula is C13H11ClN2OS. The lowest BCUT2D eigenvalue weighted by Gasteiger charge is -2.16. The van der Waals surface area contributed by atoms with Crippen LogP contribution in [-0.4, -0.2) is 6.03 Å². The van der Waals surface area contributed by atoms with Crippen LogP contribution in [-0.2, 0) is 12.8 Å². The van der Waals surface area contributed by atoms with Gasteiger partial charge in [0, 0.05) is 9.90 Å². The summed E-state index contributed by atoms with van der Waals surface area (Å²) in [6.07, 6.45) is 1.89. The number of fused-ring (bicyclic) bond motifs is 3. The minimum atomic E-state index is -0.528. The second-order valence-corrected chi connectivity index (χ2v) is 5.68. The molecule has 1 aliphatic rings. The highest BCUT2D eigenvalue weighted by molar-refractivity contribution is 7.19. The number of carbonyl (C=O) groups is 1. The Labute approximate surface area is 114 Å². The first-order valence-corrected chi connectivity index (χ1v) is 6.81. The predicted octanol–water partition coefficient (Wildman–Crippen LogP) is 3.66. The molecule has 2 aromatic rings. The average molecular weight is 279 g/mol. The third-order valence-corrected chi connectivity index (χ3v) is 4.54. The number of urea groups is 1. The average Bonchev–Trinajstić information content (AvgIpc) is 2.71. The molecule has 1 heterocycles. The van der Waals surface area contributed by atoms with Crippen molar-refractivity contribution in [3.63, 3.8) is 0 Å². The predicted molar refractivity (Wildman–Crippen MR) is 75.4 cm³/mol. The van der Waals surface area contributed by atoms with Crippen molar-refractivity contribution >= 4 is 34.0 Å². The van der Waals surface area contributed by atoms with Gasteiger partial charge >= 0.3 is 6.03 Å². The molecule has 1 aromatic carbocycles. The largest absolute Gasteiger partial charge is 0.351 e. The normalized spacial score (nSPS) is 12.7. The number of rotatable bonds is 1. The summed E-state index contributed by atoms with van der Waals surface area (Å²) in [4.78, 5) is 12.1. The van der Waals surface area contributed by atoms with E-state index in [1.54, 1.807) is 11.3 Å². The number of halogens is 1. The van der Waals surface area contributed by atoms with Crippen LogP contribution >= 0.6 is 22.9 Å². The topological polar surface area (TPSA) is 55.1 Å². The van der Waals surface area contributed by atoms with Crippen molar-refractivity contribution in [1.29, 1.82) is 0 Å². The van der Waals surface area contributed by atoms with E-state index in [0.717, 1.165) is 22.9 Å². The van der Waals surface area contributed by atoms with Crippen molar-refractivity contribution in [2.75, 3.05) is 5.32 Å². The zero-order valence-corrected chi connectivity index (χ0v) is 11.1. The molecule has 18 heavy (non-hydrogen) atoms. The van der Waals surface area contributed by atoms with E-state index < -0.39 is 6.03 Å². The molecule has 0 aliphatic heterocycles. The van der Waals surface area contributed by atoms with Crippen LogP contribution in [0.25, 0.3) is 10.4 Å². The molecule has 1 aliphatic carbocycles. The molecule has 3 nitrogen and oxygen atoms in total. The summed E-state index contributed by atoms with van der Waals surface area (Å²) < 4.78 is 0. The monoisotopic (exact) mass is 278 g/mol. The lowest BCUT2D eigenvalue weighted by Crippen LogP contribution is -2.18. The van der Waals surface area contributed by atoms with Crippen LogP contribution in [0.5, 0.6) is 0 Å². The lowest BCUT2D eigenvalue weighted by molar-refractivity contribution is 0.259. The number of primary amides is 1. The van der Waals surface area contributed by atoms with Crippen molar-refractivity contribution < 1.29 is 4.79 Å². The summed E-state index contributed by atoms with van der Waals surface area (Å²) >= 11 is 7.76. The van der Waals surface area contributed by atoms with Crippen LogP contribution in [0.2, 0.25) is 5.02 Å². The maximum Gasteiger partial charge on any atom is 0.317 e. The molecule has 0 atom stereocenters. The number of thiophene rings is 1. The van der Waals surface area contributed by atoms with Crippen molar-refractivity contribution in [2.45, 2.75) is 12.8 Å². The second-order valence-electron chi connectivity index (χ2n) is 4.22. The Hall–Kier alpha value is -1.52. The number of nitrogens with one attached hydrogen (secondary N) is 1. The van der Waals surface area contributed by atoms with Gasteiger partial charge in [-0.05, 0) is 41.7 Å². The van der Waals surface area contributed by atoms with Gasteiger partial charge < -0.3 is 5.73 Å². The van der Waals surface area contributed by atoms with E-state index in [-0.39, 0.29) is 0 Å². The summed E-state index contributed by atoms with van der Waals surface area (Å²) in [6, 6.07) is 7.41. The van der Waals surface area contributed by atoms with E-state index in [9.17, 15) is 4.79 Å². The molecular weight excluding hydrogens is 268 g/mol. The lowest BCUT2D eigenvalue weighted by atomic mass is 9.91. The highest BCUT2D eigenvalue weighted by atomic mass is 35.5. The maximum absolute atomic E-state index is 10.9. The minimum Gasteiger partial charge on any atom is -0.351 e. The number of anilines is 1. The third kappa shape index (κ3) is 1.87. The van der Waals surface area contributed by atoms with Gasteiger partial charge in [0.2, 0.25) is 0 Å².